The number of anilines is 1. The van der Waals surface area contributed by atoms with Crippen LogP contribution in [0.4, 0.5) is 5.82 Å². The predicted octanol–water partition coefficient (Wildman–Crippen LogP) is 1.89. The van der Waals surface area contributed by atoms with Crippen LogP contribution in [-0.2, 0) is 11.8 Å². The SMILES string of the molecule is C[C@@H]1C[C@@H](C)CN(C(=O)c2cc(NC(=O)C3CC3)n(C)n2)C1. The van der Waals surface area contributed by atoms with Crippen LogP contribution in [0.3, 0.4) is 0 Å². The molecule has 3 rings (SSSR count). The molecule has 1 aliphatic carbocycles. The lowest BCUT2D eigenvalue weighted by atomic mass is 9.92. The van der Waals surface area contributed by atoms with Crippen LogP contribution in [0.25, 0.3) is 0 Å². The van der Waals surface area contributed by atoms with Gasteiger partial charge in [-0.3, -0.25) is 14.3 Å². The summed E-state index contributed by atoms with van der Waals surface area (Å²) in [6.07, 6.45) is 3.08. The van der Waals surface area contributed by atoms with Crippen molar-refractivity contribution in [2.45, 2.75) is 33.1 Å². The average Bonchev–Trinajstić information content (AvgIpc) is 3.23. The van der Waals surface area contributed by atoms with Crippen LogP contribution in [0.15, 0.2) is 6.07 Å². The molecule has 1 N–H and O–H groups in total. The minimum atomic E-state index is -0.0408. The van der Waals surface area contributed by atoms with E-state index in [2.05, 4.69) is 24.3 Å². The van der Waals surface area contributed by atoms with E-state index >= 15 is 0 Å². The third-order valence-corrected chi connectivity index (χ3v) is 4.45. The first kappa shape index (κ1) is 15.1. The van der Waals surface area contributed by atoms with E-state index in [-0.39, 0.29) is 17.7 Å². The fourth-order valence-corrected chi connectivity index (χ4v) is 3.25. The Balaban J connectivity index is 1.71. The number of aryl methyl sites for hydroxylation is 1. The van der Waals surface area contributed by atoms with Crippen LogP contribution < -0.4 is 5.32 Å². The predicted molar refractivity (Wildman–Crippen MR) is 83.4 cm³/mol. The molecule has 0 bridgehead atoms. The number of piperidine rings is 1. The summed E-state index contributed by atoms with van der Waals surface area (Å²) in [6, 6.07) is 1.69. The van der Waals surface area contributed by atoms with E-state index in [1.807, 2.05) is 4.90 Å². The van der Waals surface area contributed by atoms with Crippen LogP contribution in [0.2, 0.25) is 0 Å². The lowest BCUT2D eigenvalue weighted by Crippen LogP contribution is -2.42. The zero-order valence-electron chi connectivity index (χ0n) is 13.5. The molecule has 120 valence electrons. The van der Waals surface area contributed by atoms with Gasteiger partial charge in [-0.05, 0) is 31.1 Å². The van der Waals surface area contributed by atoms with Gasteiger partial charge in [0.05, 0.1) is 0 Å². The van der Waals surface area contributed by atoms with Crippen molar-refractivity contribution >= 4 is 17.6 Å². The van der Waals surface area contributed by atoms with Gasteiger partial charge in [0.25, 0.3) is 5.91 Å². The Morgan fingerprint density at radius 2 is 1.86 bits per heavy atom. The van der Waals surface area contributed by atoms with E-state index in [1.54, 1.807) is 17.8 Å². The van der Waals surface area contributed by atoms with E-state index in [9.17, 15) is 9.59 Å². The second kappa shape index (κ2) is 5.74. The van der Waals surface area contributed by atoms with Gasteiger partial charge in [-0.1, -0.05) is 13.8 Å². The van der Waals surface area contributed by atoms with E-state index < -0.39 is 0 Å². The summed E-state index contributed by atoms with van der Waals surface area (Å²) in [5, 5.41) is 7.14. The largest absolute Gasteiger partial charge is 0.337 e. The fraction of sp³-hybridized carbons (Fsp3) is 0.688. The van der Waals surface area contributed by atoms with Crippen molar-refractivity contribution in [2.24, 2.45) is 24.8 Å². The number of nitrogens with one attached hydrogen (secondary N) is 1. The van der Waals surface area contributed by atoms with Gasteiger partial charge < -0.3 is 10.2 Å². The Hall–Kier alpha value is -1.85. The van der Waals surface area contributed by atoms with Crippen molar-refractivity contribution in [3.63, 3.8) is 0 Å². The lowest BCUT2D eigenvalue weighted by Gasteiger charge is -2.34. The molecule has 6 heteroatoms. The second-order valence-corrected chi connectivity index (χ2v) is 6.96. The number of aromatic nitrogens is 2. The summed E-state index contributed by atoms with van der Waals surface area (Å²) >= 11 is 0. The van der Waals surface area contributed by atoms with E-state index in [0.717, 1.165) is 32.4 Å². The molecule has 22 heavy (non-hydrogen) atoms. The van der Waals surface area contributed by atoms with Crippen LogP contribution in [0.5, 0.6) is 0 Å². The topological polar surface area (TPSA) is 67.2 Å². The Morgan fingerprint density at radius 1 is 1.23 bits per heavy atom. The highest BCUT2D eigenvalue weighted by atomic mass is 16.2. The maximum atomic E-state index is 12.6. The minimum absolute atomic E-state index is 0.0298. The number of amides is 2. The van der Waals surface area contributed by atoms with Crippen LogP contribution in [0.1, 0.15) is 43.6 Å². The first-order chi connectivity index (χ1) is 10.4. The number of rotatable bonds is 3. The molecule has 2 atom stereocenters. The van der Waals surface area contributed by atoms with Gasteiger partial charge in [-0.2, -0.15) is 5.10 Å². The fourth-order valence-electron chi connectivity index (χ4n) is 3.25. The van der Waals surface area contributed by atoms with Gasteiger partial charge in [-0.25, -0.2) is 0 Å². The molecule has 0 spiro atoms. The minimum Gasteiger partial charge on any atom is -0.337 e. The number of carbonyl (C=O) groups excluding carboxylic acids is 2. The van der Waals surface area contributed by atoms with Gasteiger partial charge in [0.15, 0.2) is 5.69 Å². The van der Waals surface area contributed by atoms with Crippen LogP contribution >= 0.6 is 0 Å². The highest BCUT2D eigenvalue weighted by Crippen LogP contribution is 2.30. The lowest BCUT2D eigenvalue weighted by molar-refractivity contribution is -0.117. The first-order valence-electron chi connectivity index (χ1n) is 8.08. The third-order valence-electron chi connectivity index (χ3n) is 4.45. The van der Waals surface area contributed by atoms with Gasteiger partial charge >= 0.3 is 0 Å². The first-order valence-corrected chi connectivity index (χ1v) is 8.08. The maximum absolute atomic E-state index is 12.6. The molecule has 0 radical (unpaired) electrons. The zero-order valence-corrected chi connectivity index (χ0v) is 13.5. The Morgan fingerprint density at radius 3 is 2.45 bits per heavy atom. The molecular formula is C16H24N4O2. The molecule has 2 amide bonds. The third kappa shape index (κ3) is 3.15. The molecule has 0 aromatic carbocycles. The molecule has 2 heterocycles. The number of nitrogens with zero attached hydrogens (tertiary/aromatic N) is 3. The molecule has 1 saturated carbocycles. The summed E-state index contributed by atoms with van der Waals surface area (Å²) in [5.41, 5.74) is 0.412. The summed E-state index contributed by atoms with van der Waals surface area (Å²) < 4.78 is 1.57. The number of likely N-dealkylation sites (tertiary alicyclic amines) is 1. The van der Waals surface area contributed by atoms with Gasteiger partial charge in [-0.15, -0.1) is 0 Å². The molecule has 1 aromatic heterocycles. The monoisotopic (exact) mass is 304 g/mol. The highest BCUT2D eigenvalue weighted by molar-refractivity contribution is 5.96. The van der Waals surface area contributed by atoms with Gasteiger partial charge in [0, 0.05) is 32.1 Å². The van der Waals surface area contributed by atoms with Crippen molar-refractivity contribution < 1.29 is 9.59 Å². The standard InChI is InChI=1S/C16H24N4O2/c1-10-6-11(2)9-20(8-10)16(22)13-7-14(19(3)18-13)17-15(21)12-4-5-12/h7,10-12H,4-6,8-9H2,1-3H3,(H,17,21)/t10-,11-/m1/s1. The van der Waals surface area contributed by atoms with Crippen LogP contribution in [0, 0.1) is 17.8 Å². The summed E-state index contributed by atoms with van der Waals surface area (Å²) in [7, 11) is 1.75. The number of carbonyl (C=O) groups is 2. The van der Waals surface area contributed by atoms with Crippen molar-refractivity contribution in [3.8, 4) is 0 Å². The smallest absolute Gasteiger partial charge is 0.274 e. The number of hydrogen-bond acceptors (Lipinski definition) is 3. The van der Waals surface area contributed by atoms with E-state index in [4.69, 9.17) is 0 Å². The summed E-state index contributed by atoms with van der Waals surface area (Å²) in [6.45, 7) is 5.92. The zero-order chi connectivity index (χ0) is 15.9. The Bertz CT molecular complexity index is 581. The molecular weight excluding hydrogens is 280 g/mol. The summed E-state index contributed by atoms with van der Waals surface area (Å²) in [4.78, 5) is 26.4. The van der Waals surface area contributed by atoms with Crippen molar-refractivity contribution in [1.29, 1.82) is 0 Å². The molecule has 1 aliphatic heterocycles. The average molecular weight is 304 g/mol. The Kier molecular flexibility index (Phi) is 3.93. The van der Waals surface area contributed by atoms with Crippen LogP contribution in [-0.4, -0.2) is 39.6 Å². The van der Waals surface area contributed by atoms with Crippen molar-refractivity contribution in [2.75, 3.05) is 18.4 Å². The molecule has 1 aromatic rings. The quantitative estimate of drug-likeness (QED) is 0.927. The van der Waals surface area contributed by atoms with Crippen molar-refractivity contribution in [3.05, 3.63) is 11.8 Å². The maximum Gasteiger partial charge on any atom is 0.274 e. The van der Waals surface area contributed by atoms with E-state index in [1.165, 1.54) is 0 Å². The Labute approximate surface area is 130 Å². The molecule has 2 aliphatic rings. The van der Waals surface area contributed by atoms with Crippen molar-refractivity contribution in [1.82, 2.24) is 14.7 Å². The summed E-state index contributed by atoms with van der Waals surface area (Å²) in [5.74, 6) is 1.76. The molecule has 1 saturated heterocycles. The normalized spacial score (nSPS) is 25.1. The van der Waals surface area contributed by atoms with Gasteiger partial charge in [0.1, 0.15) is 5.82 Å². The second-order valence-electron chi connectivity index (χ2n) is 6.96. The molecule has 6 nitrogen and oxygen atoms in total. The molecule has 0 unspecified atom stereocenters. The molecule has 2 fully saturated rings. The highest BCUT2D eigenvalue weighted by Gasteiger charge is 2.31. The van der Waals surface area contributed by atoms with E-state index in [0.29, 0.717) is 23.3 Å². The number of hydrogen-bond donors (Lipinski definition) is 1. The van der Waals surface area contributed by atoms with Gasteiger partial charge in [0.2, 0.25) is 5.91 Å².